The zero-order chi connectivity index (χ0) is 8.48. The lowest BCUT2D eigenvalue weighted by atomic mass is 10.3. The van der Waals surface area contributed by atoms with Crippen LogP contribution < -0.4 is 24.0 Å². The molecular formula is C8H18INO2. The molecule has 0 aliphatic carbocycles. The van der Waals surface area contributed by atoms with E-state index in [1.165, 1.54) is 0 Å². The zero-order valence-corrected chi connectivity index (χ0v) is 10.4. The van der Waals surface area contributed by atoms with Crippen molar-refractivity contribution in [2.45, 2.75) is 19.3 Å². The molecule has 1 heterocycles. The molecule has 0 aromatic carbocycles. The average Bonchev–Trinajstić information content (AvgIpc) is 2.10. The van der Waals surface area contributed by atoms with Gasteiger partial charge in [0.2, 0.25) is 0 Å². The van der Waals surface area contributed by atoms with Crippen molar-refractivity contribution in [3.05, 3.63) is 0 Å². The normalized spacial score (nSPS) is 30.0. The Morgan fingerprint density at radius 1 is 1.33 bits per heavy atom. The SMILES string of the molecule is CC1OCC(C[N+](C)(C)C)O1.[I-]. The maximum Gasteiger partial charge on any atom is 0.155 e. The third kappa shape index (κ3) is 4.59. The second kappa shape index (κ2) is 4.74. The molecule has 0 aromatic heterocycles. The molecule has 0 spiro atoms. The summed E-state index contributed by atoms with van der Waals surface area (Å²) in [6, 6.07) is 0. The maximum absolute atomic E-state index is 5.50. The van der Waals surface area contributed by atoms with Gasteiger partial charge in [-0.05, 0) is 6.92 Å². The molecular weight excluding hydrogens is 269 g/mol. The largest absolute Gasteiger partial charge is 1.00 e. The molecule has 12 heavy (non-hydrogen) atoms. The van der Waals surface area contributed by atoms with Crippen LogP contribution in [0.5, 0.6) is 0 Å². The van der Waals surface area contributed by atoms with Crippen LogP contribution in [0.1, 0.15) is 6.92 Å². The summed E-state index contributed by atoms with van der Waals surface area (Å²) in [6.45, 7) is 3.71. The molecule has 0 N–H and O–H groups in total. The number of nitrogens with zero attached hydrogens (tertiary/aromatic N) is 1. The number of hydrogen-bond donors (Lipinski definition) is 0. The van der Waals surface area contributed by atoms with Gasteiger partial charge in [-0.2, -0.15) is 0 Å². The van der Waals surface area contributed by atoms with Crippen molar-refractivity contribution in [3.8, 4) is 0 Å². The van der Waals surface area contributed by atoms with Gasteiger partial charge in [-0.3, -0.25) is 0 Å². The summed E-state index contributed by atoms with van der Waals surface area (Å²) in [4.78, 5) is 0. The summed E-state index contributed by atoms with van der Waals surface area (Å²) in [7, 11) is 6.48. The second-order valence-corrected chi connectivity index (χ2v) is 4.13. The third-order valence-corrected chi connectivity index (χ3v) is 1.65. The number of halogens is 1. The van der Waals surface area contributed by atoms with Crippen LogP contribution in [0.2, 0.25) is 0 Å². The zero-order valence-electron chi connectivity index (χ0n) is 8.21. The summed E-state index contributed by atoms with van der Waals surface area (Å²) in [5, 5.41) is 0. The number of hydrogen-bond acceptors (Lipinski definition) is 2. The minimum absolute atomic E-state index is 0. The van der Waals surface area contributed by atoms with Crippen LogP contribution in [-0.2, 0) is 9.47 Å². The van der Waals surface area contributed by atoms with Gasteiger partial charge in [-0.1, -0.05) is 0 Å². The molecule has 1 saturated heterocycles. The van der Waals surface area contributed by atoms with Gasteiger partial charge >= 0.3 is 0 Å². The van der Waals surface area contributed by atoms with E-state index >= 15 is 0 Å². The molecule has 0 saturated carbocycles. The lowest BCUT2D eigenvalue weighted by Crippen LogP contribution is -3.00. The fraction of sp³-hybridized carbons (Fsp3) is 1.00. The minimum Gasteiger partial charge on any atom is -1.00 e. The van der Waals surface area contributed by atoms with Gasteiger partial charge in [-0.25, -0.2) is 0 Å². The maximum atomic E-state index is 5.50. The van der Waals surface area contributed by atoms with Crippen LogP contribution in [0.4, 0.5) is 0 Å². The summed E-state index contributed by atoms with van der Waals surface area (Å²) >= 11 is 0. The molecule has 1 rings (SSSR count). The highest BCUT2D eigenvalue weighted by Gasteiger charge is 2.27. The molecule has 1 fully saturated rings. The lowest BCUT2D eigenvalue weighted by molar-refractivity contribution is -0.873. The molecule has 2 atom stereocenters. The molecule has 2 unspecified atom stereocenters. The minimum atomic E-state index is -0.00782. The van der Waals surface area contributed by atoms with Crippen molar-refractivity contribution in [2.24, 2.45) is 0 Å². The van der Waals surface area contributed by atoms with E-state index in [0.29, 0.717) is 0 Å². The Labute approximate surface area is 91.6 Å². The van der Waals surface area contributed by atoms with Crippen LogP contribution in [0.3, 0.4) is 0 Å². The highest BCUT2D eigenvalue weighted by atomic mass is 127. The highest BCUT2D eigenvalue weighted by Crippen LogP contribution is 2.12. The molecule has 74 valence electrons. The van der Waals surface area contributed by atoms with Gasteiger partial charge in [0.25, 0.3) is 0 Å². The highest BCUT2D eigenvalue weighted by molar-refractivity contribution is 4.61. The standard InChI is InChI=1S/C8H18NO2.HI/c1-7-10-6-8(11-7)5-9(2,3)4;/h7-8H,5-6H2,1-4H3;1H/q+1;/p-1. The first-order valence-electron chi connectivity index (χ1n) is 4.05. The van der Waals surface area contributed by atoms with E-state index in [1.807, 2.05) is 6.92 Å². The number of likely N-dealkylation sites (N-methyl/N-ethyl adjacent to an activating group) is 1. The summed E-state index contributed by atoms with van der Waals surface area (Å²) in [5.74, 6) is 0. The summed E-state index contributed by atoms with van der Waals surface area (Å²) < 4.78 is 11.7. The first-order chi connectivity index (χ1) is 4.97. The first-order valence-corrected chi connectivity index (χ1v) is 4.05. The van der Waals surface area contributed by atoms with Gasteiger partial charge in [0.1, 0.15) is 12.6 Å². The van der Waals surface area contributed by atoms with E-state index in [0.717, 1.165) is 17.6 Å². The van der Waals surface area contributed by atoms with E-state index < -0.39 is 0 Å². The van der Waals surface area contributed by atoms with Crippen molar-refractivity contribution in [1.29, 1.82) is 0 Å². The molecule has 0 amide bonds. The average molecular weight is 287 g/mol. The third-order valence-electron chi connectivity index (χ3n) is 1.65. The van der Waals surface area contributed by atoms with Crippen LogP contribution in [0.25, 0.3) is 0 Å². The number of ether oxygens (including phenoxy) is 2. The van der Waals surface area contributed by atoms with Crippen LogP contribution in [0.15, 0.2) is 0 Å². The van der Waals surface area contributed by atoms with Crippen molar-refractivity contribution < 1.29 is 37.9 Å². The topological polar surface area (TPSA) is 18.5 Å². The van der Waals surface area contributed by atoms with Crippen molar-refractivity contribution in [3.63, 3.8) is 0 Å². The number of rotatable bonds is 2. The van der Waals surface area contributed by atoms with Crippen LogP contribution >= 0.6 is 0 Å². The van der Waals surface area contributed by atoms with Crippen LogP contribution in [0, 0.1) is 0 Å². The van der Waals surface area contributed by atoms with Gasteiger partial charge in [0.05, 0.1) is 27.7 Å². The van der Waals surface area contributed by atoms with E-state index in [9.17, 15) is 0 Å². The Kier molecular flexibility index (Phi) is 4.98. The van der Waals surface area contributed by atoms with E-state index in [1.54, 1.807) is 0 Å². The Morgan fingerprint density at radius 3 is 2.25 bits per heavy atom. The fourth-order valence-electron chi connectivity index (χ4n) is 1.30. The lowest BCUT2D eigenvalue weighted by Gasteiger charge is -2.26. The molecule has 4 heteroatoms. The predicted molar refractivity (Wildman–Crippen MR) is 43.2 cm³/mol. The van der Waals surface area contributed by atoms with Crippen molar-refractivity contribution in [1.82, 2.24) is 0 Å². The van der Waals surface area contributed by atoms with Gasteiger partial charge < -0.3 is 37.9 Å². The molecule has 1 aliphatic heterocycles. The Bertz CT molecular complexity index is 136. The van der Waals surface area contributed by atoms with Crippen molar-refractivity contribution in [2.75, 3.05) is 34.3 Å². The molecule has 0 aromatic rings. The summed E-state index contributed by atoms with van der Waals surface area (Å²) in [5.41, 5.74) is 0. The smallest absolute Gasteiger partial charge is 0.155 e. The molecule has 1 aliphatic rings. The van der Waals surface area contributed by atoms with Gasteiger partial charge in [-0.15, -0.1) is 0 Å². The van der Waals surface area contributed by atoms with Gasteiger partial charge in [0.15, 0.2) is 6.29 Å². The van der Waals surface area contributed by atoms with Crippen LogP contribution in [-0.4, -0.2) is 51.2 Å². The van der Waals surface area contributed by atoms with E-state index in [2.05, 4.69) is 21.1 Å². The van der Waals surface area contributed by atoms with E-state index in [4.69, 9.17) is 9.47 Å². The monoisotopic (exact) mass is 287 g/mol. The molecule has 0 radical (unpaired) electrons. The Balaban J connectivity index is 0.00000121. The summed E-state index contributed by atoms with van der Waals surface area (Å²) in [6.07, 6.45) is 0.275. The fourth-order valence-corrected chi connectivity index (χ4v) is 1.30. The molecule has 0 bridgehead atoms. The van der Waals surface area contributed by atoms with Gasteiger partial charge in [0, 0.05) is 0 Å². The number of quaternary nitrogens is 1. The predicted octanol–water partition coefficient (Wildman–Crippen LogP) is -2.54. The van der Waals surface area contributed by atoms with E-state index in [-0.39, 0.29) is 36.4 Å². The Hall–Kier alpha value is 0.610. The second-order valence-electron chi connectivity index (χ2n) is 4.13. The first kappa shape index (κ1) is 12.6. The molecule has 3 nitrogen and oxygen atoms in total. The quantitative estimate of drug-likeness (QED) is 0.411. The van der Waals surface area contributed by atoms with Crippen molar-refractivity contribution >= 4 is 0 Å². The Morgan fingerprint density at radius 2 is 1.92 bits per heavy atom.